The van der Waals surface area contributed by atoms with E-state index in [9.17, 15) is 15.0 Å². The van der Waals surface area contributed by atoms with Crippen LogP contribution in [0.5, 0.6) is 11.5 Å². The van der Waals surface area contributed by atoms with Gasteiger partial charge < -0.3 is 24.9 Å². The molecule has 7 nitrogen and oxygen atoms in total. The maximum atomic E-state index is 10.8. The highest BCUT2D eigenvalue weighted by molar-refractivity contribution is 5.84. The van der Waals surface area contributed by atoms with Gasteiger partial charge in [-0.3, -0.25) is 4.79 Å². The zero-order chi connectivity index (χ0) is 31.0. The summed E-state index contributed by atoms with van der Waals surface area (Å²) in [5.74, 6) is 1.73. The van der Waals surface area contributed by atoms with E-state index in [0.29, 0.717) is 30.6 Å². The highest BCUT2D eigenvalue weighted by Crippen LogP contribution is 2.51. The highest BCUT2D eigenvalue weighted by Gasteiger charge is 2.42. The highest BCUT2D eigenvalue weighted by atomic mass is 16.5. The quantitative estimate of drug-likeness (QED) is 0.150. The van der Waals surface area contributed by atoms with Crippen LogP contribution in [0.25, 0.3) is 11.5 Å². The van der Waals surface area contributed by atoms with Gasteiger partial charge in [0, 0.05) is 27.5 Å². The average Bonchev–Trinajstić information content (AvgIpc) is 3.35. The van der Waals surface area contributed by atoms with Gasteiger partial charge in [-0.2, -0.15) is 0 Å². The van der Waals surface area contributed by atoms with Crippen molar-refractivity contribution in [3.05, 3.63) is 69.8 Å². The Morgan fingerprint density at radius 2 is 1.12 bits per heavy atom. The van der Waals surface area contributed by atoms with Gasteiger partial charge in [0.05, 0.1) is 25.0 Å². The predicted molar refractivity (Wildman–Crippen MR) is 163 cm³/mol. The summed E-state index contributed by atoms with van der Waals surface area (Å²) in [4.78, 5) is 10.8. The summed E-state index contributed by atoms with van der Waals surface area (Å²) in [5.41, 5.74) is 4.81. The first-order valence-electron chi connectivity index (χ1n) is 13.9. The maximum Gasteiger partial charge on any atom is 0.153 e. The van der Waals surface area contributed by atoms with Gasteiger partial charge in [-0.25, -0.2) is 0 Å². The summed E-state index contributed by atoms with van der Waals surface area (Å²) >= 11 is 0. The topological polar surface area (TPSA) is 109 Å². The molecule has 41 heavy (non-hydrogen) atoms. The van der Waals surface area contributed by atoms with Crippen LogP contribution < -0.4 is 0 Å². The van der Waals surface area contributed by atoms with E-state index in [0.717, 1.165) is 22.6 Å². The Kier molecular flexibility index (Phi) is 8.73. The molecule has 3 N–H and O–H groups in total. The first-order chi connectivity index (χ1) is 18.8. The van der Waals surface area contributed by atoms with Gasteiger partial charge in [0.1, 0.15) is 23.0 Å². The molecular formula is C34H45NO6. The third kappa shape index (κ3) is 6.77. The fraction of sp³-hybridized carbons (Fsp3) is 0.471. The molecule has 0 bridgehead atoms. The lowest BCUT2D eigenvalue weighted by molar-refractivity contribution is 0.112. The van der Waals surface area contributed by atoms with Crippen LogP contribution in [0.3, 0.4) is 0 Å². The molecule has 0 spiro atoms. The fourth-order valence-corrected chi connectivity index (χ4v) is 6.22. The van der Waals surface area contributed by atoms with E-state index in [1.165, 1.54) is 17.4 Å². The van der Waals surface area contributed by atoms with Crippen molar-refractivity contribution in [1.82, 2.24) is 0 Å². The van der Waals surface area contributed by atoms with Gasteiger partial charge in [-0.1, -0.05) is 86.5 Å². The SMILES string of the molecule is CC(C)(C)C1=C(c2ccc(/C=N/O)c(O)c2)OCC1(C)C.CC(C)(C)C1=C(c2ccc(C=O)c(O)c2)OCC1(C)C. The summed E-state index contributed by atoms with van der Waals surface area (Å²) in [5, 5.41) is 31.4. The minimum atomic E-state index is -0.0352. The molecule has 0 fully saturated rings. The number of carbonyl (C=O) groups excluding carboxylic acids is 1. The number of nitrogens with zero attached hydrogens (tertiary/aromatic N) is 1. The minimum absolute atomic E-state index is 0.00781. The van der Waals surface area contributed by atoms with Crippen LogP contribution in [-0.2, 0) is 9.47 Å². The molecule has 7 heteroatoms. The van der Waals surface area contributed by atoms with E-state index in [4.69, 9.17) is 14.7 Å². The molecule has 2 aromatic carbocycles. The number of ether oxygens (including phenoxy) is 2. The number of hydrogen-bond acceptors (Lipinski definition) is 7. The van der Waals surface area contributed by atoms with Crippen molar-refractivity contribution in [2.24, 2.45) is 26.8 Å². The molecule has 0 aliphatic carbocycles. The van der Waals surface area contributed by atoms with E-state index in [1.807, 2.05) is 12.1 Å². The zero-order valence-corrected chi connectivity index (χ0v) is 26.0. The normalized spacial score (nSPS) is 18.2. The van der Waals surface area contributed by atoms with E-state index >= 15 is 0 Å². The van der Waals surface area contributed by atoms with E-state index in [2.05, 4.69) is 74.4 Å². The van der Waals surface area contributed by atoms with Crippen molar-refractivity contribution in [2.45, 2.75) is 69.2 Å². The van der Waals surface area contributed by atoms with Gasteiger partial charge in [0.15, 0.2) is 6.29 Å². The Hall–Kier alpha value is -3.74. The lowest BCUT2D eigenvalue weighted by Crippen LogP contribution is -2.24. The van der Waals surface area contributed by atoms with Gasteiger partial charge in [-0.15, -0.1) is 0 Å². The number of phenolic OH excluding ortho intramolecular Hbond substituents is 2. The summed E-state index contributed by atoms with van der Waals surface area (Å²) < 4.78 is 11.8. The molecule has 4 rings (SSSR count). The molecule has 0 radical (unpaired) electrons. The van der Waals surface area contributed by atoms with Crippen LogP contribution in [0, 0.1) is 21.7 Å². The molecule has 0 unspecified atom stereocenters. The number of phenols is 2. The second kappa shape index (κ2) is 11.3. The van der Waals surface area contributed by atoms with E-state index in [-0.39, 0.29) is 33.2 Å². The van der Waals surface area contributed by atoms with Crippen molar-refractivity contribution in [3.8, 4) is 11.5 Å². The number of rotatable bonds is 4. The number of oxime groups is 1. The summed E-state index contributed by atoms with van der Waals surface area (Å²) in [6, 6.07) is 10.3. The van der Waals surface area contributed by atoms with Gasteiger partial charge in [-0.05, 0) is 46.2 Å². The molecule has 2 aliphatic rings. The molecule has 0 atom stereocenters. The Labute approximate surface area is 244 Å². The van der Waals surface area contributed by atoms with Crippen LogP contribution >= 0.6 is 0 Å². The lowest BCUT2D eigenvalue weighted by Gasteiger charge is -2.30. The van der Waals surface area contributed by atoms with E-state index in [1.54, 1.807) is 24.3 Å². The molecule has 0 aromatic heterocycles. The first kappa shape index (κ1) is 31.8. The third-order valence-electron chi connectivity index (χ3n) is 7.37. The lowest BCUT2D eigenvalue weighted by atomic mass is 9.71. The Balaban J connectivity index is 0.000000226. The summed E-state index contributed by atoms with van der Waals surface area (Å²) in [6.45, 7) is 23.0. The van der Waals surface area contributed by atoms with Gasteiger partial charge >= 0.3 is 0 Å². The van der Waals surface area contributed by atoms with Crippen LogP contribution in [0.15, 0.2) is 52.7 Å². The largest absolute Gasteiger partial charge is 0.507 e. The third-order valence-corrected chi connectivity index (χ3v) is 7.37. The summed E-state index contributed by atoms with van der Waals surface area (Å²) in [7, 11) is 0. The van der Waals surface area contributed by atoms with Crippen molar-refractivity contribution < 1.29 is 29.7 Å². The molecule has 2 heterocycles. The van der Waals surface area contributed by atoms with Crippen LogP contribution in [0.4, 0.5) is 0 Å². The van der Waals surface area contributed by atoms with Crippen LogP contribution in [-0.4, -0.2) is 41.1 Å². The molecular weight excluding hydrogens is 518 g/mol. The monoisotopic (exact) mass is 563 g/mol. The standard InChI is InChI=1S/C17H23NO3.C17H22O3/c1-16(2,3)15-14(21-10-17(15,4)5)11-6-7-12(9-18-20)13(19)8-11;1-16(2,3)15-14(20-10-17(15,4)5)11-6-7-12(9-18)13(19)8-11/h6-9,19-20H,10H2,1-5H3;6-9,19H,10H2,1-5H3/b18-9+;. The number of aromatic hydroxyl groups is 2. The molecule has 222 valence electrons. The fourth-order valence-electron chi connectivity index (χ4n) is 6.22. The van der Waals surface area contributed by atoms with Crippen LogP contribution in [0.1, 0.15) is 96.3 Å². The Morgan fingerprint density at radius 3 is 1.44 bits per heavy atom. The van der Waals surface area contributed by atoms with Crippen LogP contribution in [0.2, 0.25) is 0 Å². The number of aldehydes is 1. The zero-order valence-electron chi connectivity index (χ0n) is 26.0. The molecule has 0 saturated carbocycles. The second-order valence-electron chi connectivity index (χ2n) is 14.2. The smallest absolute Gasteiger partial charge is 0.153 e. The van der Waals surface area contributed by atoms with Crippen molar-refractivity contribution in [3.63, 3.8) is 0 Å². The Bertz CT molecular complexity index is 1400. The van der Waals surface area contributed by atoms with Crippen molar-refractivity contribution >= 4 is 24.0 Å². The summed E-state index contributed by atoms with van der Waals surface area (Å²) in [6.07, 6.45) is 1.86. The van der Waals surface area contributed by atoms with Crippen molar-refractivity contribution in [1.29, 1.82) is 0 Å². The van der Waals surface area contributed by atoms with E-state index < -0.39 is 0 Å². The average molecular weight is 564 g/mol. The molecule has 2 aliphatic heterocycles. The molecule has 0 amide bonds. The predicted octanol–water partition coefficient (Wildman–Crippen LogP) is 8.03. The first-order valence-corrected chi connectivity index (χ1v) is 13.9. The molecule has 0 saturated heterocycles. The maximum absolute atomic E-state index is 10.8. The van der Waals surface area contributed by atoms with Gasteiger partial charge in [0.25, 0.3) is 0 Å². The van der Waals surface area contributed by atoms with Crippen molar-refractivity contribution in [2.75, 3.05) is 13.2 Å². The minimum Gasteiger partial charge on any atom is -0.507 e. The molecule has 2 aromatic rings. The Morgan fingerprint density at radius 1 is 0.732 bits per heavy atom. The number of hydrogen-bond donors (Lipinski definition) is 3. The van der Waals surface area contributed by atoms with Gasteiger partial charge in [0.2, 0.25) is 0 Å². The number of benzene rings is 2. The second-order valence-corrected chi connectivity index (χ2v) is 14.2. The number of carbonyl (C=O) groups is 1.